The Hall–Kier alpha value is -2.43. The molecular formula is C16H13F2NO2. The maximum Gasteiger partial charge on any atom is 0.228 e. The van der Waals surface area contributed by atoms with Gasteiger partial charge in [-0.1, -0.05) is 12.1 Å². The summed E-state index contributed by atoms with van der Waals surface area (Å²) in [6.07, 6.45) is 1.01. The van der Waals surface area contributed by atoms with Gasteiger partial charge in [0.15, 0.2) is 11.6 Å². The van der Waals surface area contributed by atoms with E-state index in [-0.39, 0.29) is 18.0 Å². The van der Waals surface area contributed by atoms with Crippen LogP contribution in [0.25, 0.3) is 0 Å². The zero-order valence-electron chi connectivity index (χ0n) is 11.2. The van der Waals surface area contributed by atoms with Crippen molar-refractivity contribution < 1.29 is 18.3 Å². The van der Waals surface area contributed by atoms with Gasteiger partial charge in [-0.3, -0.25) is 4.79 Å². The lowest BCUT2D eigenvalue weighted by atomic mass is 10.1. The van der Waals surface area contributed by atoms with Crippen molar-refractivity contribution in [3.8, 4) is 5.75 Å². The summed E-state index contributed by atoms with van der Waals surface area (Å²) < 4.78 is 31.3. The number of halogens is 2. The number of benzene rings is 2. The number of carbonyl (C=O) groups is 1. The first kappa shape index (κ1) is 13.5. The maximum atomic E-state index is 13.1. The molecule has 0 fully saturated rings. The first-order valence-corrected chi connectivity index (χ1v) is 6.61. The van der Waals surface area contributed by atoms with Crippen molar-refractivity contribution in [1.82, 2.24) is 0 Å². The van der Waals surface area contributed by atoms with Crippen LogP contribution in [0.3, 0.4) is 0 Å². The number of nitrogens with one attached hydrogen (secondary N) is 1. The number of hydrogen-bond acceptors (Lipinski definition) is 2. The molecule has 0 unspecified atom stereocenters. The Kier molecular flexibility index (Phi) is 3.56. The van der Waals surface area contributed by atoms with Crippen LogP contribution in [-0.2, 0) is 17.6 Å². The van der Waals surface area contributed by atoms with Gasteiger partial charge in [-0.15, -0.1) is 0 Å². The first-order valence-electron chi connectivity index (χ1n) is 6.61. The Morgan fingerprint density at radius 2 is 2.00 bits per heavy atom. The second kappa shape index (κ2) is 5.52. The van der Waals surface area contributed by atoms with E-state index in [0.29, 0.717) is 6.61 Å². The molecule has 1 N–H and O–H groups in total. The molecule has 108 valence electrons. The number of fused-ring (bicyclic) bond motifs is 1. The minimum absolute atomic E-state index is 0.173. The van der Waals surface area contributed by atoms with Crippen molar-refractivity contribution in [2.75, 3.05) is 11.9 Å². The summed E-state index contributed by atoms with van der Waals surface area (Å²) in [5.74, 6) is -1.34. The molecule has 1 aliphatic heterocycles. The monoisotopic (exact) mass is 289 g/mol. The van der Waals surface area contributed by atoms with Crippen molar-refractivity contribution in [2.45, 2.75) is 12.8 Å². The highest BCUT2D eigenvalue weighted by Crippen LogP contribution is 2.26. The average Bonchev–Trinajstić information content (AvgIpc) is 2.90. The molecule has 2 aromatic carbocycles. The van der Waals surface area contributed by atoms with Gasteiger partial charge in [0, 0.05) is 18.2 Å². The third-order valence-corrected chi connectivity index (χ3v) is 3.32. The average molecular weight is 289 g/mol. The lowest BCUT2D eigenvalue weighted by Gasteiger charge is -2.07. The van der Waals surface area contributed by atoms with E-state index in [9.17, 15) is 13.6 Å². The highest BCUT2D eigenvalue weighted by molar-refractivity contribution is 5.92. The number of amides is 1. The third-order valence-electron chi connectivity index (χ3n) is 3.32. The fourth-order valence-corrected chi connectivity index (χ4v) is 2.31. The van der Waals surface area contributed by atoms with Crippen molar-refractivity contribution in [3.05, 3.63) is 59.2 Å². The topological polar surface area (TPSA) is 38.3 Å². The standard InChI is InChI=1S/C16H13F2NO2/c17-13-3-2-12(9-14(13)18)19-16(20)8-10-1-4-15-11(7-10)5-6-21-15/h1-4,7,9H,5-6,8H2,(H,19,20). The van der Waals surface area contributed by atoms with E-state index in [1.54, 1.807) is 0 Å². The number of rotatable bonds is 3. The van der Waals surface area contributed by atoms with Crippen LogP contribution in [0.2, 0.25) is 0 Å². The molecule has 0 spiro atoms. The van der Waals surface area contributed by atoms with Gasteiger partial charge in [0.1, 0.15) is 5.75 Å². The number of ether oxygens (including phenoxy) is 1. The largest absolute Gasteiger partial charge is 0.493 e. The van der Waals surface area contributed by atoms with E-state index in [1.807, 2.05) is 18.2 Å². The summed E-state index contributed by atoms with van der Waals surface area (Å²) in [6.45, 7) is 0.667. The Morgan fingerprint density at radius 1 is 1.14 bits per heavy atom. The first-order chi connectivity index (χ1) is 10.1. The Bertz CT molecular complexity index is 701. The van der Waals surface area contributed by atoms with Crippen LogP contribution < -0.4 is 10.1 Å². The maximum absolute atomic E-state index is 13.1. The molecule has 2 aromatic rings. The summed E-state index contributed by atoms with van der Waals surface area (Å²) in [7, 11) is 0. The van der Waals surface area contributed by atoms with Gasteiger partial charge < -0.3 is 10.1 Å². The van der Waals surface area contributed by atoms with E-state index < -0.39 is 11.6 Å². The van der Waals surface area contributed by atoms with Crippen LogP contribution >= 0.6 is 0 Å². The lowest BCUT2D eigenvalue weighted by Crippen LogP contribution is -2.14. The van der Waals surface area contributed by atoms with Crippen LogP contribution in [0.1, 0.15) is 11.1 Å². The molecule has 5 heteroatoms. The molecule has 3 rings (SSSR count). The van der Waals surface area contributed by atoms with Gasteiger partial charge in [-0.25, -0.2) is 8.78 Å². The highest BCUT2D eigenvalue weighted by atomic mass is 19.2. The van der Waals surface area contributed by atoms with Gasteiger partial charge in [0.25, 0.3) is 0 Å². The van der Waals surface area contributed by atoms with Crippen molar-refractivity contribution in [3.63, 3.8) is 0 Å². The van der Waals surface area contributed by atoms with Gasteiger partial charge in [0.05, 0.1) is 13.0 Å². The minimum Gasteiger partial charge on any atom is -0.493 e. The molecule has 0 radical (unpaired) electrons. The predicted octanol–water partition coefficient (Wildman–Crippen LogP) is 3.08. The fourth-order valence-electron chi connectivity index (χ4n) is 2.31. The molecule has 0 bridgehead atoms. The van der Waals surface area contributed by atoms with Gasteiger partial charge in [-0.05, 0) is 29.3 Å². The SMILES string of the molecule is O=C(Cc1ccc2c(c1)CCO2)Nc1ccc(F)c(F)c1. The number of anilines is 1. The molecule has 0 saturated heterocycles. The van der Waals surface area contributed by atoms with Crippen LogP contribution in [0.5, 0.6) is 5.75 Å². The van der Waals surface area contributed by atoms with E-state index in [2.05, 4.69) is 5.32 Å². The van der Waals surface area contributed by atoms with Crippen LogP contribution in [0, 0.1) is 11.6 Å². The second-order valence-electron chi connectivity index (χ2n) is 4.89. The lowest BCUT2D eigenvalue weighted by molar-refractivity contribution is -0.115. The van der Waals surface area contributed by atoms with Crippen LogP contribution in [0.4, 0.5) is 14.5 Å². The van der Waals surface area contributed by atoms with E-state index in [0.717, 1.165) is 35.4 Å². The van der Waals surface area contributed by atoms with Gasteiger partial charge >= 0.3 is 0 Å². The zero-order chi connectivity index (χ0) is 14.8. The van der Waals surface area contributed by atoms with Crippen molar-refractivity contribution in [1.29, 1.82) is 0 Å². The highest BCUT2D eigenvalue weighted by Gasteiger charge is 2.13. The molecule has 0 saturated carbocycles. The molecular weight excluding hydrogens is 276 g/mol. The molecule has 3 nitrogen and oxygen atoms in total. The minimum atomic E-state index is -0.984. The van der Waals surface area contributed by atoms with E-state index >= 15 is 0 Å². The molecule has 0 aliphatic carbocycles. The second-order valence-corrected chi connectivity index (χ2v) is 4.89. The fraction of sp³-hybridized carbons (Fsp3) is 0.188. The van der Waals surface area contributed by atoms with Gasteiger partial charge in [-0.2, -0.15) is 0 Å². The van der Waals surface area contributed by atoms with E-state index in [4.69, 9.17) is 4.74 Å². The normalized spacial score (nSPS) is 12.7. The van der Waals surface area contributed by atoms with Gasteiger partial charge in [0.2, 0.25) is 5.91 Å². The quantitative estimate of drug-likeness (QED) is 0.943. The third kappa shape index (κ3) is 3.02. The Balaban J connectivity index is 1.67. The molecule has 0 aromatic heterocycles. The molecule has 0 atom stereocenters. The van der Waals surface area contributed by atoms with Crippen molar-refractivity contribution >= 4 is 11.6 Å². The van der Waals surface area contributed by atoms with Crippen molar-refractivity contribution in [2.24, 2.45) is 0 Å². The molecule has 1 amide bonds. The molecule has 21 heavy (non-hydrogen) atoms. The number of carbonyl (C=O) groups excluding carboxylic acids is 1. The molecule has 1 aliphatic rings. The zero-order valence-corrected chi connectivity index (χ0v) is 11.2. The Labute approximate surface area is 120 Å². The summed E-state index contributed by atoms with van der Waals surface area (Å²) in [5.41, 5.74) is 2.19. The summed E-state index contributed by atoms with van der Waals surface area (Å²) in [6, 6.07) is 8.89. The summed E-state index contributed by atoms with van der Waals surface area (Å²) in [4.78, 5) is 11.9. The Morgan fingerprint density at radius 3 is 2.81 bits per heavy atom. The predicted molar refractivity (Wildman–Crippen MR) is 74.3 cm³/mol. The number of hydrogen-bond donors (Lipinski definition) is 1. The molecule has 1 heterocycles. The van der Waals surface area contributed by atoms with E-state index in [1.165, 1.54) is 6.07 Å². The summed E-state index contributed by atoms with van der Waals surface area (Å²) >= 11 is 0. The van der Waals surface area contributed by atoms with Crippen LogP contribution in [-0.4, -0.2) is 12.5 Å². The van der Waals surface area contributed by atoms with Crippen LogP contribution in [0.15, 0.2) is 36.4 Å². The summed E-state index contributed by atoms with van der Waals surface area (Å²) in [5, 5.41) is 2.55. The smallest absolute Gasteiger partial charge is 0.228 e.